The Morgan fingerprint density at radius 2 is 1.74 bits per heavy atom. The van der Waals surface area contributed by atoms with E-state index in [4.69, 9.17) is 9.94 Å². The number of fused-ring (bicyclic) bond motifs is 5. The lowest BCUT2D eigenvalue weighted by molar-refractivity contribution is -0.174. The maximum atomic E-state index is 12.3. The number of rotatable bonds is 7. The highest BCUT2D eigenvalue weighted by atomic mass is 16.7. The summed E-state index contributed by atoms with van der Waals surface area (Å²) in [6.07, 6.45) is 7.36. The van der Waals surface area contributed by atoms with Crippen LogP contribution in [0.3, 0.4) is 0 Å². The molecule has 0 aromatic heterocycles. The number of carbonyl (C=O) groups excluding carboxylic acids is 3. The van der Waals surface area contributed by atoms with Crippen molar-refractivity contribution in [3.05, 3.63) is 12.2 Å². The molecule has 1 heterocycles. The number of unbranched alkanes of at least 4 members (excludes halogenated alkanes) is 3. The third kappa shape index (κ3) is 2.97. The first kappa shape index (κ1) is 16.0. The van der Waals surface area contributed by atoms with E-state index in [2.05, 4.69) is 5.32 Å². The normalized spacial score (nSPS) is 30.9. The van der Waals surface area contributed by atoms with Gasteiger partial charge in [0.2, 0.25) is 0 Å². The SMILES string of the molecule is O=C(NCCCCCCO)ON1C(=O)C2C3C=C[C@H](C3)C2C1=O. The molecular formula is C16H22N2O5. The average molecular weight is 322 g/mol. The van der Waals surface area contributed by atoms with E-state index in [1.165, 1.54) is 0 Å². The van der Waals surface area contributed by atoms with Crippen LogP contribution in [0, 0.1) is 23.7 Å². The van der Waals surface area contributed by atoms with Gasteiger partial charge in [0.1, 0.15) is 0 Å². The number of nitrogens with zero attached hydrogens (tertiary/aromatic N) is 1. The van der Waals surface area contributed by atoms with Crippen LogP contribution in [0.2, 0.25) is 0 Å². The summed E-state index contributed by atoms with van der Waals surface area (Å²) >= 11 is 0. The number of aliphatic hydroxyl groups is 1. The third-order valence-corrected chi connectivity index (χ3v) is 4.96. The molecule has 2 N–H and O–H groups in total. The van der Waals surface area contributed by atoms with Crippen LogP contribution in [0.25, 0.3) is 0 Å². The van der Waals surface area contributed by atoms with E-state index in [0.717, 1.165) is 32.1 Å². The lowest BCUT2D eigenvalue weighted by Gasteiger charge is -2.16. The van der Waals surface area contributed by atoms with Crippen molar-refractivity contribution in [2.45, 2.75) is 32.1 Å². The van der Waals surface area contributed by atoms with Gasteiger partial charge in [-0.1, -0.05) is 25.0 Å². The highest BCUT2D eigenvalue weighted by Crippen LogP contribution is 2.52. The smallest absolute Gasteiger partial charge is 0.396 e. The number of nitrogens with one attached hydrogen (secondary N) is 1. The quantitative estimate of drug-likeness (QED) is 0.414. The fraction of sp³-hybridized carbons (Fsp3) is 0.688. The topological polar surface area (TPSA) is 95.9 Å². The molecule has 0 radical (unpaired) electrons. The molecule has 2 aliphatic carbocycles. The minimum absolute atomic E-state index is 0.102. The van der Waals surface area contributed by atoms with Crippen molar-refractivity contribution in [2.24, 2.45) is 23.7 Å². The van der Waals surface area contributed by atoms with Gasteiger partial charge in [0.25, 0.3) is 11.8 Å². The average Bonchev–Trinajstić information content (AvgIpc) is 3.20. The summed E-state index contributed by atoms with van der Waals surface area (Å²) in [5.74, 6) is -1.30. The molecule has 3 rings (SSSR count). The van der Waals surface area contributed by atoms with Crippen LogP contribution in [-0.2, 0) is 14.4 Å². The van der Waals surface area contributed by atoms with Gasteiger partial charge in [-0.05, 0) is 31.1 Å². The summed E-state index contributed by atoms with van der Waals surface area (Å²) in [5.41, 5.74) is 0. The van der Waals surface area contributed by atoms with E-state index in [0.29, 0.717) is 11.6 Å². The van der Waals surface area contributed by atoms with Gasteiger partial charge in [-0.15, -0.1) is 5.06 Å². The van der Waals surface area contributed by atoms with Crippen molar-refractivity contribution >= 4 is 17.9 Å². The van der Waals surface area contributed by atoms with Gasteiger partial charge in [-0.3, -0.25) is 9.59 Å². The molecule has 4 atom stereocenters. The Hall–Kier alpha value is -1.89. The summed E-state index contributed by atoms with van der Waals surface area (Å²) in [6, 6.07) is 0. The predicted octanol–water partition coefficient (Wildman–Crippen LogP) is 0.987. The van der Waals surface area contributed by atoms with E-state index in [9.17, 15) is 14.4 Å². The van der Waals surface area contributed by atoms with Crippen molar-refractivity contribution in [2.75, 3.05) is 13.2 Å². The lowest BCUT2D eigenvalue weighted by atomic mass is 9.85. The minimum atomic E-state index is -0.769. The molecule has 1 saturated heterocycles. The van der Waals surface area contributed by atoms with Crippen LogP contribution in [0.1, 0.15) is 32.1 Å². The van der Waals surface area contributed by atoms with Crippen molar-refractivity contribution < 1.29 is 24.3 Å². The van der Waals surface area contributed by atoms with E-state index < -0.39 is 17.9 Å². The zero-order valence-corrected chi connectivity index (χ0v) is 12.9. The molecule has 23 heavy (non-hydrogen) atoms. The Morgan fingerprint density at radius 1 is 1.13 bits per heavy atom. The van der Waals surface area contributed by atoms with E-state index in [1.807, 2.05) is 12.2 Å². The number of aliphatic hydroxyl groups excluding tert-OH is 1. The Kier molecular flexibility index (Phi) is 4.66. The number of allylic oxidation sites excluding steroid dienone is 2. The summed E-state index contributed by atoms with van der Waals surface area (Å²) < 4.78 is 0. The fourth-order valence-corrected chi connectivity index (χ4v) is 3.86. The number of hydrogen-bond donors (Lipinski definition) is 2. The predicted molar refractivity (Wildman–Crippen MR) is 79.6 cm³/mol. The van der Waals surface area contributed by atoms with Gasteiger partial charge in [0.15, 0.2) is 0 Å². The van der Waals surface area contributed by atoms with Gasteiger partial charge < -0.3 is 15.3 Å². The van der Waals surface area contributed by atoms with E-state index in [1.54, 1.807) is 0 Å². The van der Waals surface area contributed by atoms with Gasteiger partial charge in [-0.25, -0.2) is 4.79 Å². The van der Waals surface area contributed by atoms with E-state index >= 15 is 0 Å². The van der Waals surface area contributed by atoms with Gasteiger partial charge >= 0.3 is 6.09 Å². The Morgan fingerprint density at radius 3 is 2.35 bits per heavy atom. The molecule has 126 valence electrons. The van der Waals surface area contributed by atoms with Crippen molar-refractivity contribution in [1.82, 2.24) is 10.4 Å². The molecule has 2 bridgehead atoms. The monoisotopic (exact) mass is 322 g/mol. The standard InChI is InChI=1S/C16H22N2O5/c19-8-4-2-1-3-7-17-16(22)23-18-14(20)12-10-5-6-11(9-10)13(12)15(18)21/h5-6,10-13,19H,1-4,7-9H2,(H,17,22)/t10-,11?,12?,13?/m1/s1. The van der Waals surface area contributed by atoms with Gasteiger partial charge in [0, 0.05) is 13.2 Å². The second-order valence-corrected chi connectivity index (χ2v) is 6.41. The number of carbonyl (C=O) groups is 3. The molecule has 1 aliphatic heterocycles. The van der Waals surface area contributed by atoms with E-state index in [-0.39, 0.29) is 30.3 Å². The molecule has 1 saturated carbocycles. The van der Waals surface area contributed by atoms with Crippen LogP contribution in [-0.4, -0.2) is 41.2 Å². The zero-order chi connectivity index (χ0) is 16.4. The van der Waals surface area contributed by atoms with Crippen LogP contribution in [0.15, 0.2) is 12.2 Å². The molecule has 3 amide bonds. The highest BCUT2D eigenvalue weighted by Gasteiger charge is 2.60. The largest absolute Gasteiger partial charge is 0.432 e. The Bertz CT molecular complexity index is 503. The van der Waals surface area contributed by atoms with Crippen LogP contribution in [0.5, 0.6) is 0 Å². The maximum absolute atomic E-state index is 12.3. The molecule has 2 fully saturated rings. The summed E-state index contributed by atoms with van der Waals surface area (Å²) in [7, 11) is 0. The highest BCUT2D eigenvalue weighted by molar-refractivity contribution is 6.06. The molecular weight excluding hydrogens is 300 g/mol. The van der Waals surface area contributed by atoms with Crippen LogP contribution < -0.4 is 5.32 Å². The van der Waals surface area contributed by atoms with Crippen molar-refractivity contribution in [3.63, 3.8) is 0 Å². The summed E-state index contributed by atoms with van der Waals surface area (Å²) in [4.78, 5) is 41.3. The third-order valence-electron chi connectivity index (χ3n) is 4.96. The Labute approximate surface area is 134 Å². The number of amides is 3. The molecule has 0 spiro atoms. The van der Waals surface area contributed by atoms with Crippen molar-refractivity contribution in [1.29, 1.82) is 0 Å². The van der Waals surface area contributed by atoms with Crippen LogP contribution in [0.4, 0.5) is 4.79 Å². The van der Waals surface area contributed by atoms with Crippen LogP contribution >= 0.6 is 0 Å². The first-order chi connectivity index (χ1) is 11.1. The summed E-state index contributed by atoms with van der Waals surface area (Å²) in [6.45, 7) is 0.591. The number of hydrogen-bond acceptors (Lipinski definition) is 5. The first-order valence-corrected chi connectivity index (χ1v) is 8.26. The molecule has 0 aromatic rings. The maximum Gasteiger partial charge on any atom is 0.432 e. The molecule has 7 heteroatoms. The van der Waals surface area contributed by atoms with Gasteiger partial charge in [0.05, 0.1) is 11.8 Å². The number of hydroxylamine groups is 2. The minimum Gasteiger partial charge on any atom is -0.396 e. The molecule has 0 aromatic carbocycles. The summed E-state index contributed by atoms with van der Waals surface area (Å²) in [5, 5.41) is 11.9. The lowest BCUT2D eigenvalue weighted by Crippen LogP contribution is -2.39. The Balaban J connectivity index is 1.45. The van der Waals surface area contributed by atoms with Gasteiger partial charge in [-0.2, -0.15) is 0 Å². The molecule has 7 nitrogen and oxygen atoms in total. The molecule has 3 aliphatic rings. The zero-order valence-electron chi connectivity index (χ0n) is 12.9. The number of imide groups is 1. The second-order valence-electron chi connectivity index (χ2n) is 6.41. The molecule has 3 unspecified atom stereocenters. The fourth-order valence-electron chi connectivity index (χ4n) is 3.86. The van der Waals surface area contributed by atoms with Crippen molar-refractivity contribution in [3.8, 4) is 0 Å². The first-order valence-electron chi connectivity index (χ1n) is 8.26. The second kappa shape index (κ2) is 6.70.